The smallest absolute Gasteiger partial charge is 0.0612 e. The third kappa shape index (κ3) is 5.15. The number of hydrogen-bond donors (Lipinski definition) is 0. The average Bonchev–Trinajstić information content (AvgIpc) is 2.91. The molecular weight excluding hydrogens is 424 g/mol. The summed E-state index contributed by atoms with van der Waals surface area (Å²) in [6.45, 7) is 3.44. The van der Waals surface area contributed by atoms with E-state index >= 15 is 0 Å². The summed E-state index contributed by atoms with van der Waals surface area (Å²) in [5.41, 5.74) is 3.41. The maximum absolute atomic E-state index is 7.18. The van der Waals surface area contributed by atoms with E-state index in [9.17, 15) is 0 Å². The maximum Gasteiger partial charge on any atom is 0.0612 e. The number of fused-ring (bicyclic) bond motifs is 7. The van der Waals surface area contributed by atoms with E-state index in [1.165, 1.54) is 109 Å². The predicted octanol–water partition coefficient (Wildman–Crippen LogP) is 9.34. The van der Waals surface area contributed by atoms with E-state index in [0.29, 0.717) is 6.10 Å². The molecule has 1 aromatic carbocycles. The minimum atomic E-state index is 0.519. The fraction of sp³-hybridized carbons (Fsp3) is 0.824. The molecule has 0 aromatic heterocycles. The van der Waals surface area contributed by atoms with Crippen LogP contribution in [0.2, 0.25) is 0 Å². The molecule has 0 spiro atoms. The molecule has 4 aliphatic carbocycles. The SMILES string of the molecule is CCCC1CCC(C2CCCC3CCc4ccccc4C3C3C(CCC4CCCCC43)OC2)CC1. The first-order valence-corrected chi connectivity index (χ1v) is 16.0. The van der Waals surface area contributed by atoms with Gasteiger partial charge in [0.15, 0.2) is 0 Å². The molecule has 3 saturated carbocycles. The van der Waals surface area contributed by atoms with Crippen molar-refractivity contribution in [3.8, 4) is 0 Å². The van der Waals surface area contributed by atoms with E-state index in [1.807, 2.05) is 0 Å². The fourth-order valence-corrected chi connectivity index (χ4v) is 10.0. The zero-order chi connectivity index (χ0) is 23.6. The number of hydrogen-bond acceptors (Lipinski definition) is 1. The quantitative estimate of drug-likeness (QED) is 0.422. The van der Waals surface area contributed by atoms with Gasteiger partial charge in [0.05, 0.1) is 12.7 Å². The Labute approximate surface area is 216 Å². The molecule has 0 N–H and O–H groups in total. The first-order valence-electron chi connectivity index (χ1n) is 16.0. The summed E-state index contributed by atoms with van der Waals surface area (Å²) in [4.78, 5) is 0. The second-order valence-electron chi connectivity index (χ2n) is 13.5. The topological polar surface area (TPSA) is 9.23 Å². The average molecular weight is 477 g/mol. The van der Waals surface area contributed by atoms with Gasteiger partial charge in [0.2, 0.25) is 0 Å². The van der Waals surface area contributed by atoms with Gasteiger partial charge in [-0.1, -0.05) is 82.6 Å². The van der Waals surface area contributed by atoms with E-state index in [4.69, 9.17) is 4.74 Å². The van der Waals surface area contributed by atoms with Gasteiger partial charge in [0.1, 0.15) is 0 Å². The molecule has 6 rings (SSSR count). The highest BCUT2D eigenvalue weighted by Gasteiger charge is 2.48. The lowest BCUT2D eigenvalue weighted by Gasteiger charge is -2.52. The highest BCUT2D eigenvalue weighted by molar-refractivity contribution is 5.35. The van der Waals surface area contributed by atoms with Gasteiger partial charge in [-0.05, 0) is 116 Å². The molecule has 7 atom stereocenters. The molecule has 7 unspecified atom stereocenters. The number of benzene rings is 1. The third-order valence-electron chi connectivity index (χ3n) is 11.8. The van der Waals surface area contributed by atoms with Gasteiger partial charge in [0.25, 0.3) is 0 Å². The molecule has 1 saturated heterocycles. The first kappa shape index (κ1) is 24.5. The third-order valence-corrected chi connectivity index (χ3v) is 11.8. The fourth-order valence-electron chi connectivity index (χ4n) is 10.0. The van der Waals surface area contributed by atoms with Crippen LogP contribution in [-0.2, 0) is 11.2 Å². The van der Waals surface area contributed by atoms with Crippen molar-refractivity contribution in [3.05, 3.63) is 35.4 Å². The van der Waals surface area contributed by atoms with Crippen LogP contribution in [0.1, 0.15) is 127 Å². The summed E-state index contributed by atoms with van der Waals surface area (Å²) in [5, 5.41) is 0. The predicted molar refractivity (Wildman–Crippen MR) is 147 cm³/mol. The summed E-state index contributed by atoms with van der Waals surface area (Å²) in [7, 11) is 0. The second kappa shape index (κ2) is 11.3. The van der Waals surface area contributed by atoms with Gasteiger partial charge in [-0.3, -0.25) is 0 Å². The first-order chi connectivity index (χ1) is 17.3. The van der Waals surface area contributed by atoms with Crippen LogP contribution in [0.4, 0.5) is 0 Å². The minimum absolute atomic E-state index is 0.519. The Morgan fingerprint density at radius 3 is 2.37 bits per heavy atom. The van der Waals surface area contributed by atoms with Crippen molar-refractivity contribution in [2.45, 2.75) is 128 Å². The summed E-state index contributed by atoms with van der Waals surface area (Å²) < 4.78 is 7.18. The van der Waals surface area contributed by atoms with Crippen LogP contribution in [0.15, 0.2) is 24.3 Å². The molecule has 4 fully saturated rings. The Morgan fingerprint density at radius 2 is 1.49 bits per heavy atom. The van der Waals surface area contributed by atoms with Gasteiger partial charge in [-0.15, -0.1) is 0 Å². The molecule has 5 aliphatic rings. The molecule has 0 radical (unpaired) electrons. The number of aryl methyl sites for hydroxylation is 1. The van der Waals surface area contributed by atoms with Gasteiger partial charge < -0.3 is 4.74 Å². The zero-order valence-electron chi connectivity index (χ0n) is 22.6. The van der Waals surface area contributed by atoms with Crippen LogP contribution in [-0.4, -0.2) is 12.7 Å². The van der Waals surface area contributed by atoms with Crippen molar-refractivity contribution >= 4 is 0 Å². The summed E-state index contributed by atoms with van der Waals surface area (Å²) in [6.07, 6.45) is 25.1. The Morgan fingerprint density at radius 1 is 0.714 bits per heavy atom. The molecular formula is C34H52O. The summed E-state index contributed by atoms with van der Waals surface area (Å²) in [5.74, 6) is 7.12. The van der Waals surface area contributed by atoms with Crippen molar-refractivity contribution in [3.63, 3.8) is 0 Å². The lowest BCUT2D eigenvalue weighted by molar-refractivity contribution is -0.0994. The van der Waals surface area contributed by atoms with Crippen molar-refractivity contribution in [2.75, 3.05) is 6.61 Å². The van der Waals surface area contributed by atoms with E-state index < -0.39 is 0 Å². The van der Waals surface area contributed by atoms with Crippen molar-refractivity contribution < 1.29 is 4.74 Å². The maximum atomic E-state index is 7.18. The highest BCUT2D eigenvalue weighted by atomic mass is 16.5. The van der Waals surface area contributed by atoms with Gasteiger partial charge in [-0.25, -0.2) is 0 Å². The van der Waals surface area contributed by atoms with Gasteiger partial charge >= 0.3 is 0 Å². The summed E-state index contributed by atoms with van der Waals surface area (Å²) in [6, 6.07) is 9.60. The van der Waals surface area contributed by atoms with Gasteiger partial charge in [0, 0.05) is 0 Å². The van der Waals surface area contributed by atoms with E-state index in [2.05, 4.69) is 31.2 Å². The lowest BCUT2D eigenvalue weighted by Crippen LogP contribution is -2.47. The zero-order valence-corrected chi connectivity index (χ0v) is 22.6. The van der Waals surface area contributed by atoms with Crippen LogP contribution in [0.25, 0.3) is 0 Å². The molecule has 1 heterocycles. The van der Waals surface area contributed by atoms with Crippen molar-refractivity contribution in [1.82, 2.24) is 0 Å². The van der Waals surface area contributed by atoms with Crippen molar-refractivity contribution in [1.29, 1.82) is 0 Å². The number of rotatable bonds is 3. The molecule has 1 aromatic rings. The second-order valence-corrected chi connectivity index (χ2v) is 13.5. The lowest BCUT2D eigenvalue weighted by atomic mass is 9.55. The van der Waals surface area contributed by atoms with Crippen LogP contribution in [0, 0.1) is 41.4 Å². The van der Waals surface area contributed by atoms with Crippen LogP contribution in [0.5, 0.6) is 0 Å². The van der Waals surface area contributed by atoms with Crippen LogP contribution in [0.3, 0.4) is 0 Å². The Bertz CT molecular complexity index is 807. The Hall–Kier alpha value is -0.820. The molecule has 0 amide bonds. The molecule has 1 nitrogen and oxygen atoms in total. The molecule has 35 heavy (non-hydrogen) atoms. The standard InChI is InChI=1S/C34H52O/c1-2-8-24-15-17-25(18-16-24)29-12-7-11-28-20-19-26-9-3-5-13-30(26)33(28)34-31-14-6-4-10-27(31)21-22-32(34)35-23-29/h3,5,9,13,24-25,27-29,31-34H,2,4,6-8,10-12,14-23H2,1H3. The molecule has 1 aliphatic heterocycles. The molecule has 1 heteroatoms. The number of ether oxygens (including phenoxy) is 1. The Kier molecular flexibility index (Phi) is 7.90. The van der Waals surface area contributed by atoms with E-state index in [0.717, 1.165) is 54.0 Å². The molecule has 194 valence electrons. The molecule has 0 bridgehead atoms. The minimum Gasteiger partial charge on any atom is -0.378 e. The van der Waals surface area contributed by atoms with E-state index in [-0.39, 0.29) is 0 Å². The van der Waals surface area contributed by atoms with Crippen LogP contribution >= 0.6 is 0 Å². The van der Waals surface area contributed by atoms with E-state index in [1.54, 1.807) is 11.1 Å². The van der Waals surface area contributed by atoms with Gasteiger partial charge in [-0.2, -0.15) is 0 Å². The van der Waals surface area contributed by atoms with Crippen LogP contribution < -0.4 is 0 Å². The highest BCUT2D eigenvalue weighted by Crippen LogP contribution is 2.55. The Balaban J connectivity index is 1.25. The normalized spacial score (nSPS) is 42.1. The largest absolute Gasteiger partial charge is 0.378 e. The summed E-state index contributed by atoms with van der Waals surface area (Å²) >= 11 is 0. The monoisotopic (exact) mass is 476 g/mol. The van der Waals surface area contributed by atoms with Crippen molar-refractivity contribution in [2.24, 2.45) is 41.4 Å².